The van der Waals surface area contributed by atoms with Crippen LogP contribution in [0.5, 0.6) is 0 Å². The molecule has 0 spiro atoms. The van der Waals surface area contributed by atoms with Crippen molar-refractivity contribution < 1.29 is 14.4 Å². The van der Waals surface area contributed by atoms with Crippen molar-refractivity contribution in [2.24, 2.45) is 5.92 Å². The van der Waals surface area contributed by atoms with E-state index in [2.05, 4.69) is 63.1 Å². The number of fused-ring (bicyclic) bond motifs is 1. The van der Waals surface area contributed by atoms with Gasteiger partial charge in [-0.25, -0.2) is 0 Å². The van der Waals surface area contributed by atoms with Crippen molar-refractivity contribution in [3.8, 4) is 34.0 Å². The highest BCUT2D eigenvalue weighted by Crippen LogP contribution is 2.38. The lowest BCUT2D eigenvalue weighted by atomic mass is 9.79. The van der Waals surface area contributed by atoms with Crippen LogP contribution in [0.25, 0.3) is 34.0 Å². The van der Waals surface area contributed by atoms with E-state index in [1.807, 2.05) is 12.1 Å². The normalized spacial score (nSPS) is 19.3. The van der Waals surface area contributed by atoms with Crippen LogP contribution in [0.15, 0.2) is 57.7 Å². The number of carbonyl (C=O) groups is 1. The predicted molar refractivity (Wildman–Crippen MR) is 134 cm³/mol. The number of benzene rings is 2. The second-order valence-corrected chi connectivity index (χ2v) is 9.79. The zero-order chi connectivity index (χ0) is 22.5. The third-order valence-electron chi connectivity index (χ3n) is 6.92. The Hall–Kier alpha value is -3.00. The van der Waals surface area contributed by atoms with Crippen LogP contribution in [0.3, 0.4) is 0 Å². The topological polar surface area (TPSA) is 79.5 Å². The molecule has 1 fully saturated rings. The zero-order valence-electron chi connectivity index (χ0n) is 18.6. The lowest BCUT2D eigenvalue weighted by molar-refractivity contribution is -0.147. The van der Waals surface area contributed by atoms with Crippen LogP contribution >= 0.6 is 23.7 Å². The number of aromatic nitrogens is 2. The summed E-state index contributed by atoms with van der Waals surface area (Å²) in [4.78, 5) is 18.2. The van der Waals surface area contributed by atoms with E-state index in [9.17, 15) is 4.79 Å². The number of thiophene rings is 1. The molecule has 3 heterocycles. The molecule has 0 unspecified atom stereocenters. The summed E-state index contributed by atoms with van der Waals surface area (Å²) >= 11 is 1.69. The van der Waals surface area contributed by atoms with Crippen molar-refractivity contribution in [1.29, 1.82) is 0 Å². The smallest absolute Gasteiger partial charge is 0.306 e. The zero-order valence-corrected chi connectivity index (χ0v) is 20.2. The maximum atomic E-state index is 11.1. The van der Waals surface area contributed by atoms with E-state index in [-0.39, 0.29) is 18.3 Å². The van der Waals surface area contributed by atoms with E-state index in [0.717, 1.165) is 37.1 Å². The van der Waals surface area contributed by atoms with Crippen LogP contribution in [-0.2, 0) is 17.9 Å². The Kier molecular flexibility index (Phi) is 6.02. The first-order valence-electron chi connectivity index (χ1n) is 11.1. The summed E-state index contributed by atoms with van der Waals surface area (Å²) in [5.41, 5.74) is 8.01. The van der Waals surface area contributed by atoms with Gasteiger partial charge in [0.2, 0.25) is 5.82 Å². The van der Waals surface area contributed by atoms with Crippen molar-refractivity contribution in [2.75, 3.05) is 0 Å². The minimum atomic E-state index is -0.672. The molecule has 8 heteroatoms. The maximum absolute atomic E-state index is 11.1. The summed E-state index contributed by atoms with van der Waals surface area (Å²) in [7, 11) is 0. The molecular formula is C26H24ClN3O3S. The number of aliphatic carboxylic acids is 1. The lowest BCUT2D eigenvalue weighted by Crippen LogP contribution is -2.44. The first kappa shape index (κ1) is 22.8. The molecular weight excluding hydrogens is 470 g/mol. The van der Waals surface area contributed by atoms with E-state index < -0.39 is 5.97 Å². The van der Waals surface area contributed by atoms with Gasteiger partial charge in [-0.3, -0.25) is 9.69 Å². The highest BCUT2D eigenvalue weighted by atomic mass is 35.5. The van der Waals surface area contributed by atoms with E-state index in [1.165, 1.54) is 27.8 Å². The number of aryl methyl sites for hydroxylation is 1. The average Bonchev–Trinajstić information content (AvgIpc) is 3.52. The molecule has 6 rings (SSSR count). The molecule has 174 valence electrons. The Bertz CT molecular complexity index is 1350. The molecule has 2 aliphatic rings. The van der Waals surface area contributed by atoms with Gasteiger partial charge in [-0.1, -0.05) is 23.4 Å². The van der Waals surface area contributed by atoms with Gasteiger partial charge in [-0.2, -0.15) is 16.3 Å². The van der Waals surface area contributed by atoms with Crippen molar-refractivity contribution in [3.63, 3.8) is 0 Å². The Morgan fingerprint density at radius 3 is 2.59 bits per heavy atom. The SMILES string of the molecule is Cc1cc(-c2nc(-c3ccc4c(c3)CN(C3CC(C(=O)O)C3)C4)no2)ccc1-c1ccsc1.Cl. The highest BCUT2D eigenvalue weighted by molar-refractivity contribution is 7.08. The molecule has 0 amide bonds. The van der Waals surface area contributed by atoms with Gasteiger partial charge >= 0.3 is 5.97 Å². The van der Waals surface area contributed by atoms with E-state index in [1.54, 1.807) is 11.3 Å². The van der Waals surface area contributed by atoms with Crippen LogP contribution in [0.1, 0.15) is 29.5 Å². The summed E-state index contributed by atoms with van der Waals surface area (Å²) in [5, 5.41) is 17.6. The minimum absolute atomic E-state index is 0. The maximum Gasteiger partial charge on any atom is 0.306 e. The number of hydrogen-bond donors (Lipinski definition) is 1. The third kappa shape index (κ3) is 4.04. The Morgan fingerprint density at radius 1 is 1.06 bits per heavy atom. The molecule has 0 saturated heterocycles. The summed E-state index contributed by atoms with van der Waals surface area (Å²) in [6, 6.07) is 15.0. The van der Waals surface area contributed by atoms with Crippen LogP contribution in [0.2, 0.25) is 0 Å². The number of halogens is 1. The average molecular weight is 494 g/mol. The van der Waals surface area contributed by atoms with Crippen molar-refractivity contribution in [3.05, 3.63) is 69.9 Å². The number of rotatable bonds is 5. The first-order valence-corrected chi connectivity index (χ1v) is 12.1. The highest BCUT2D eigenvalue weighted by Gasteiger charge is 2.39. The summed E-state index contributed by atoms with van der Waals surface area (Å²) < 4.78 is 5.61. The van der Waals surface area contributed by atoms with Crippen LogP contribution in [0.4, 0.5) is 0 Å². The quantitative estimate of drug-likeness (QED) is 0.365. The lowest BCUT2D eigenvalue weighted by Gasteiger charge is -2.39. The first-order chi connectivity index (χ1) is 16.0. The van der Waals surface area contributed by atoms with Crippen LogP contribution in [0, 0.1) is 12.8 Å². The van der Waals surface area contributed by atoms with Crippen LogP contribution in [-0.4, -0.2) is 32.2 Å². The van der Waals surface area contributed by atoms with E-state index in [0.29, 0.717) is 17.8 Å². The van der Waals surface area contributed by atoms with Gasteiger partial charge in [-0.15, -0.1) is 12.4 Å². The van der Waals surface area contributed by atoms with Gasteiger partial charge in [0.15, 0.2) is 0 Å². The number of carboxylic acid groups (broad SMARTS) is 1. The predicted octanol–water partition coefficient (Wildman–Crippen LogP) is 6.04. The van der Waals surface area contributed by atoms with Gasteiger partial charge in [-0.05, 0) is 82.6 Å². The van der Waals surface area contributed by atoms with E-state index in [4.69, 9.17) is 9.63 Å². The van der Waals surface area contributed by atoms with Crippen molar-refractivity contribution in [2.45, 2.75) is 38.9 Å². The van der Waals surface area contributed by atoms with Gasteiger partial charge in [0.05, 0.1) is 5.92 Å². The van der Waals surface area contributed by atoms with Gasteiger partial charge in [0.25, 0.3) is 5.89 Å². The molecule has 2 aromatic heterocycles. The molecule has 1 saturated carbocycles. The summed E-state index contributed by atoms with van der Waals surface area (Å²) in [6.07, 6.45) is 1.49. The van der Waals surface area contributed by atoms with Gasteiger partial charge < -0.3 is 9.63 Å². The molecule has 1 aliphatic carbocycles. The Balaban J connectivity index is 0.00000241. The molecule has 0 bridgehead atoms. The molecule has 0 atom stereocenters. The Labute approximate surface area is 207 Å². The second kappa shape index (κ2) is 8.98. The standard InChI is InChI=1S/C26H23N3O3S.ClH/c1-15-8-17(4-5-23(15)19-6-7-33-14-19)25-27-24(28-32-25)16-2-3-18-12-29(13-21(18)9-16)22-10-20(11-22)26(30)31;/h2-9,14,20,22H,10-13H2,1H3,(H,30,31);1H. The molecule has 1 N–H and O–H groups in total. The van der Waals surface area contributed by atoms with Crippen molar-refractivity contribution in [1.82, 2.24) is 15.0 Å². The monoisotopic (exact) mass is 493 g/mol. The van der Waals surface area contributed by atoms with E-state index >= 15 is 0 Å². The molecule has 1 aliphatic heterocycles. The fourth-order valence-corrected chi connectivity index (χ4v) is 5.56. The summed E-state index contributed by atoms with van der Waals surface area (Å²) in [6.45, 7) is 3.81. The summed E-state index contributed by atoms with van der Waals surface area (Å²) in [5.74, 6) is 0.242. The number of nitrogens with zero attached hydrogens (tertiary/aromatic N) is 3. The Morgan fingerprint density at radius 2 is 1.85 bits per heavy atom. The molecule has 4 aromatic rings. The number of hydrogen-bond acceptors (Lipinski definition) is 6. The second-order valence-electron chi connectivity index (χ2n) is 9.01. The molecule has 2 aromatic carbocycles. The minimum Gasteiger partial charge on any atom is -0.481 e. The molecule has 6 nitrogen and oxygen atoms in total. The third-order valence-corrected chi connectivity index (χ3v) is 7.60. The van der Waals surface area contributed by atoms with Gasteiger partial charge in [0.1, 0.15) is 0 Å². The molecule has 34 heavy (non-hydrogen) atoms. The van der Waals surface area contributed by atoms with Crippen LogP contribution < -0.4 is 0 Å². The fourth-order valence-electron chi connectivity index (χ4n) is 4.90. The van der Waals surface area contributed by atoms with Gasteiger partial charge in [0, 0.05) is 30.3 Å². The van der Waals surface area contributed by atoms with Crippen molar-refractivity contribution >= 4 is 29.7 Å². The largest absolute Gasteiger partial charge is 0.481 e. The fraction of sp³-hybridized carbons (Fsp3) is 0.269. The number of carboxylic acids is 1. The molecule has 0 radical (unpaired) electrons.